The number of hydrogen-bond acceptors (Lipinski definition) is 8. The van der Waals surface area contributed by atoms with Crippen molar-refractivity contribution >= 4 is 28.9 Å². The molecular formula is C25H23FN6O3. The minimum absolute atomic E-state index is 0.158. The Bertz CT molecular complexity index is 1300. The Morgan fingerprint density at radius 2 is 2.06 bits per heavy atom. The summed E-state index contributed by atoms with van der Waals surface area (Å²) < 4.78 is 25.3. The summed E-state index contributed by atoms with van der Waals surface area (Å²) in [6, 6.07) is 11.6. The standard InChI is InChI=1S/C25H23FN6O3/c1-3-23(33)29-20-11-16(10-18(26)12-20)24-17(14-27)15-28-25(31-24)30-19-4-5-22(34-2)21(13-19)32-6-8-35-9-7-32/h3-5,10-13,15H,1,6-9H2,2H3,(H,29,33)(H,28,30,31). The molecule has 0 unspecified atom stereocenters. The average Bonchev–Trinajstić information content (AvgIpc) is 2.88. The molecule has 1 aliphatic heterocycles. The Kier molecular flexibility index (Phi) is 7.18. The van der Waals surface area contributed by atoms with Crippen LogP contribution in [0.5, 0.6) is 5.75 Å². The van der Waals surface area contributed by atoms with Crippen LogP contribution in [0, 0.1) is 17.1 Å². The molecule has 2 N–H and O–H groups in total. The van der Waals surface area contributed by atoms with Crippen LogP contribution in [0.25, 0.3) is 11.3 Å². The highest BCUT2D eigenvalue weighted by Gasteiger charge is 2.17. The number of ether oxygens (including phenoxy) is 2. The summed E-state index contributed by atoms with van der Waals surface area (Å²) in [5.41, 5.74) is 2.53. The highest BCUT2D eigenvalue weighted by molar-refractivity contribution is 5.99. The van der Waals surface area contributed by atoms with Gasteiger partial charge in [-0.15, -0.1) is 0 Å². The van der Waals surface area contributed by atoms with Crippen molar-refractivity contribution in [2.75, 3.05) is 48.9 Å². The fraction of sp³-hybridized carbons (Fsp3) is 0.200. The molecule has 0 radical (unpaired) electrons. The van der Waals surface area contributed by atoms with E-state index in [0.29, 0.717) is 24.5 Å². The molecule has 1 fully saturated rings. The Morgan fingerprint density at radius 3 is 2.77 bits per heavy atom. The predicted octanol–water partition coefficient (Wildman–Crippen LogP) is 3.87. The van der Waals surface area contributed by atoms with Crippen LogP contribution in [0.4, 0.5) is 27.4 Å². The van der Waals surface area contributed by atoms with Gasteiger partial charge < -0.3 is 25.0 Å². The van der Waals surface area contributed by atoms with Gasteiger partial charge >= 0.3 is 0 Å². The van der Waals surface area contributed by atoms with Crippen molar-refractivity contribution in [2.45, 2.75) is 0 Å². The molecule has 1 saturated heterocycles. The first-order valence-corrected chi connectivity index (χ1v) is 10.8. The van der Waals surface area contributed by atoms with Crippen LogP contribution in [-0.4, -0.2) is 49.3 Å². The Morgan fingerprint density at radius 1 is 1.26 bits per heavy atom. The van der Waals surface area contributed by atoms with Gasteiger partial charge in [0.1, 0.15) is 17.6 Å². The van der Waals surface area contributed by atoms with Crippen molar-refractivity contribution in [2.24, 2.45) is 0 Å². The van der Waals surface area contributed by atoms with Crippen molar-refractivity contribution in [3.05, 3.63) is 66.6 Å². The van der Waals surface area contributed by atoms with E-state index in [9.17, 15) is 14.4 Å². The maximum Gasteiger partial charge on any atom is 0.247 e. The zero-order valence-electron chi connectivity index (χ0n) is 19.0. The third-order valence-electron chi connectivity index (χ3n) is 5.32. The lowest BCUT2D eigenvalue weighted by molar-refractivity contribution is -0.111. The molecule has 35 heavy (non-hydrogen) atoms. The van der Waals surface area contributed by atoms with Crippen molar-refractivity contribution in [1.82, 2.24) is 9.97 Å². The molecule has 2 heterocycles. The maximum atomic E-state index is 14.3. The second kappa shape index (κ2) is 10.6. The van der Waals surface area contributed by atoms with E-state index in [-0.39, 0.29) is 22.9 Å². The van der Waals surface area contributed by atoms with E-state index in [1.807, 2.05) is 24.3 Å². The van der Waals surface area contributed by atoms with Crippen molar-refractivity contribution in [3.63, 3.8) is 0 Å². The van der Waals surface area contributed by atoms with E-state index in [4.69, 9.17) is 9.47 Å². The SMILES string of the molecule is C=CC(=O)Nc1cc(F)cc(-c2nc(Nc3ccc(OC)c(N4CCOCC4)c3)ncc2C#N)c1. The third kappa shape index (κ3) is 5.54. The van der Waals surface area contributed by atoms with Crippen LogP contribution in [0.1, 0.15) is 5.56 Å². The Hall–Kier alpha value is -4.49. The fourth-order valence-corrected chi connectivity index (χ4v) is 3.68. The first-order valence-electron chi connectivity index (χ1n) is 10.8. The number of rotatable bonds is 7. The third-order valence-corrected chi connectivity index (χ3v) is 5.32. The number of aromatic nitrogens is 2. The molecule has 2 aromatic carbocycles. The van der Waals surface area contributed by atoms with E-state index >= 15 is 0 Å². The van der Waals surface area contributed by atoms with E-state index in [1.165, 1.54) is 24.4 Å². The molecule has 0 atom stereocenters. The van der Waals surface area contributed by atoms with E-state index in [0.717, 1.165) is 30.6 Å². The second-order valence-electron chi connectivity index (χ2n) is 7.60. The summed E-state index contributed by atoms with van der Waals surface area (Å²) in [6.45, 7) is 6.13. The Labute approximate surface area is 201 Å². The van der Waals surface area contributed by atoms with Gasteiger partial charge in [0.15, 0.2) is 0 Å². The number of amides is 1. The molecule has 1 amide bonds. The first-order chi connectivity index (χ1) is 17.0. The molecule has 0 saturated carbocycles. The lowest BCUT2D eigenvalue weighted by Crippen LogP contribution is -2.36. The lowest BCUT2D eigenvalue weighted by Gasteiger charge is -2.30. The van der Waals surface area contributed by atoms with E-state index < -0.39 is 11.7 Å². The number of morpholine rings is 1. The van der Waals surface area contributed by atoms with Gasteiger partial charge in [0.2, 0.25) is 11.9 Å². The number of nitrogens with one attached hydrogen (secondary N) is 2. The molecule has 4 rings (SSSR count). The van der Waals surface area contributed by atoms with E-state index in [2.05, 4.69) is 32.1 Å². The molecule has 1 aliphatic rings. The summed E-state index contributed by atoms with van der Waals surface area (Å²) in [6.07, 6.45) is 2.45. The van der Waals surface area contributed by atoms with Crippen LogP contribution < -0.4 is 20.3 Å². The van der Waals surface area contributed by atoms with Crippen molar-refractivity contribution < 1.29 is 18.7 Å². The summed E-state index contributed by atoms with van der Waals surface area (Å²) in [5.74, 6) is -0.127. The highest BCUT2D eigenvalue weighted by Crippen LogP contribution is 2.33. The van der Waals surface area contributed by atoms with Crippen LogP contribution in [-0.2, 0) is 9.53 Å². The Balaban J connectivity index is 1.67. The summed E-state index contributed by atoms with van der Waals surface area (Å²) >= 11 is 0. The van der Waals surface area contributed by atoms with Gasteiger partial charge in [-0.3, -0.25) is 4.79 Å². The number of halogens is 1. The zero-order chi connectivity index (χ0) is 24.8. The average molecular weight is 474 g/mol. The van der Waals surface area contributed by atoms with Gasteiger partial charge in [0, 0.05) is 30.0 Å². The van der Waals surface area contributed by atoms with Gasteiger partial charge in [0.05, 0.1) is 43.5 Å². The fourth-order valence-electron chi connectivity index (χ4n) is 3.68. The molecule has 0 aliphatic carbocycles. The number of carbonyl (C=O) groups is 1. The summed E-state index contributed by atoms with van der Waals surface area (Å²) in [7, 11) is 1.62. The smallest absolute Gasteiger partial charge is 0.247 e. The first kappa shape index (κ1) is 23.7. The van der Waals surface area contributed by atoms with Gasteiger partial charge in [-0.25, -0.2) is 14.4 Å². The lowest BCUT2D eigenvalue weighted by atomic mass is 10.1. The molecular weight excluding hydrogens is 451 g/mol. The summed E-state index contributed by atoms with van der Waals surface area (Å²) in [5, 5.41) is 15.2. The van der Waals surface area contributed by atoms with Gasteiger partial charge in [0.25, 0.3) is 0 Å². The number of carbonyl (C=O) groups excluding carboxylic acids is 1. The zero-order valence-corrected chi connectivity index (χ0v) is 19.0. The van der Waals surface area contributed by atoms with Crippen LogP contribution in [0.15, 0.2) is 55.3 Å². The molecule has 178 valence electrons. The second-order valence-corrected chi connectivity index (χ2v) is 7.60. The minimum atomic E-state index is -0.593. The molecule has 1 aromatic heterocycles. The van der Waals surface area contributed by atoms with Gasteiger partial charge in [-0.1, -0.05) is 6.58 Å². The number of nitriles is 1. The van der Waals surface area contributed by atoms with Crippen molar-refractivity contribution in [1.29, 1.82) is 5.26 Å². The normalized spacial score (nSPS) is 13.0. The quantitative estimate of drug-likeness (QED) is 0.497. The topological polar surface area (TPSA) is 112 Å². The van der Waals surface area contributed by atoms with E-state index in [1.54, 1.807) is 7.11 Å². The van der Waals surface area contributed by atoms with Crippen molar-refractivity contribution in [3.8, 4) is 23.1 Å². The maximum absolute atomic E-state index is 14.3. The summed E-state index contributed by atoms with van der Waals surface area (Å²) in [4.78, 5) is 22.5. The van der Waals surface area contributed by atoms with Crippen LogP contribution >= 0.6 is 0 Å². The molecule has 3 aromatic rings. The van der Waals surface area contributed by atoms with Crippen LogP contribution in [0.3, 0.4) is 0 Å². The monoisotopic (exact) mass is 474 g/mol. The van der Waals surface area contributed by atoms with Gasteiger partial charge in [-0.2, -0.15) is 5.26 Å². The number of methoxy groups -OCH3 is 1. The molecule has 9 nitrogen and oxygen atoms in total. The number of nitrogens with zero attached hydrogens (tertiary/aromatic N) is 4. The largest absolute Gasteiger partial charge is 0.495 e. The molecule has 0 bridgehead atoms. The minimum Gasteiger partial charge on any atom is -0.495 e. The van der Waals surface area contributed by atoms with Gasteiger partial charge in [-0.05, 0) is 42.5 Å². The number of benzene rings is 2. The highest BCUT2D eigenvalue weighted by atomic mass is 19.1. The van der Waals surface area contributed by atoms with Crippen LogP contribution in [0.2, 0.25) is 0 Å². The number of hydrogen-bond donors (Lipinski definition) is 2. The molecule has 0 spiro atoms. The molecule has 10 heteroatoms. The number of anilines is 4. The predicted molar refractivity (Wildman–Crippen MR) is 130 cm³/mol.